The van der Waals surface area contributed by atoms with Crippen LogP contribution in [0.5, 0.6) is 0 Å². The van der Waals surface area contributed by atoms with Crippen molar-refractivity contribution in [3.8, 4) is 0 Å². The maximum atomic E-state index is 12.5. The third-order valence-corrected chi connectivity index (χ3v) is 5.01. The lowest BCUT2D eigenvalue weighted by molar-refractivity contribution is 0.103. The smallest absolute Gasteiger partial charge is 0.267 e. The third kappa shape index (κ3) is 4.50. The van der Waals surface area contributed by atoms with E-state index in [1.807, 2.05) is 30.3 Å². The molecule has 10 heteroatoms. The standard InChI is InChI=1S/C17H16ClN7OS/c1-9-12(13(26)20-10-5-3-2-4-6-10)27-17(19-9)25-16-23-14(18)22-15(24-16)21-11-7-8-11/h2-6,11H,7-8H2,1H3,(H,20,26)(H2,19,21,22,23,24,25). The van der Waals surface area contributed by atoms with Crippen LogP contribution in [0.2, 0.25) is 5.28 Å². The van der Waals surface area contributed by atoms with E-state index in [1.165, 1.54) is 11.3 Å². The Hall–Kier alpha value is -2.78. The Morgan fingerprint density at radius 1 is 1.11 bits per heavy atom. The van der Waals surface area contributed by atoms with Crippen molar-refractivity contribution in [2.75, 3.05) is 16.0 Å². The summed E-state index contributed by atoms with van der Waals surface area (Å²) in [6.45, 7) is 1.78. The molecule has 3 N–H and O–H groups in total. The molecule has 1 fully saturated rings. The van der Waals surface area contributed by atoms with Gasteiger partial charge in [-0.2, -0.15) is 15.0 Å². The van der Waals surface area contributed by atoms with Gasteiger partial charge in [-0.1, -0.05) is 29.5 Å². The van der Waals surface area contributed by atoms with Crippen LogP contribution in [-0.4, -0.2) is 31.9 Å². The first-order valence-electron chi connectivity index (χ1n) is 8.36. The maximum Gasteiger partial charge on any atom is 0.267 e. The predicted molar refractivity (Wildman–Crippen MR) is 106 cm³/mol. The molecule has 2 aromatic heterocycles. The van der Waals surface area contributed by atoms with E-state index in [-0.39, 0.29) is 17.1 Å². The van der Waals surface area contributed by atoms with Crippen LogP contribution in [-0.2, 0) is 0 Å². The molecule has 2 heterocycles. The Balaban J connectivity index is 1.49. The van der Waals surface area contributed by atoms with E-state index in [2.05, 4.69) is 35.9 Å². The van der Waals surface area contributed by atoms with Gasteiger partial charge in [0.15, 0.2) is 5.13 Å². The number of carbonyl (C=O) groups is 1. The quantitative estimate of drug-likeness (QED) is 0.576. The lowest BCUT2D eigenvalue weighted by atomic mass is 10.3. The van der Waals surface area contributed by atoms with E-state index in [1.54, 1.807) is 6.92 Å². The summed E-state index contributed by atoms with van der Waals surface area (Å²) in [4.78, 5) is 29.8. The van der Waals surface area contributed by atoms with Crippen molar-refractivity contribution in [1.29, 1.82) is 0 Å². The number of rotatable bonds is 6. The van der Waals surface area contributed by atoms with Gasteiger partial charge in [0.25, 0.3) is 5.91 Å². The summed E-state index contributed by atoms with van der Waals surface area (Å²) in [5.41, 5.74) is 1.34. The summed E-state index contributed by atoms with van der Waals surface area (Å²) in [6.07, 6.45) is 2.19. The fourth-order valence-electron chi connectivity index (χ4n) is 2.35. The Kier molecular flexibility index (Phi) is 4.87. The van der Waals surface area contributed by atoms with Gasteiger partial charge in [0, 0.05) is 11.7 Å². The Bertz CT molecular complexity index is 975. The number of hydrogen-bond donors (Lipinski definition) is 3. The molecule has 0 bridgehead atoms. The molecular formula is C17H16ClN7OS. The number of hydrogen-bond acceptors (Lipinski definition) is 8. The van der Waals surface area contributed by atoms with E-state index in [0.717, 1.165) is 18.5 Å². The number of anilines is 4. The van der Waals surface area contributed by atoms with E-state index in [0.29, 0.717) is 27.7 Å². The van der Waals surface area contributed by atoms with Crippen LogP contribution in [0.1, 0.15) is 28.2 Å². The summed E-state index contributed by atoms with van der Waals surface area (Å²) < 4.78 is 0. The average Bonchev–Trinajstić information content (AvgIpc) is 3.36. The second-order valence-electron chi connectivity index (χ2n) is 6.05. The van der Waals surface area contributed by atoms with Gasteiger partial charge in [-0.25, -0.2) is 4.98 Å². The molecule has 1 aliphatic rings. The fourth-order valence-corrected chi connectivity index (χ4v) is 3.36. The average molecular weight is 402 g/mol. The summed E-state index contributed by atoms with van der Waals surface area (Å²) in [6, 6.07) is 9.66. The zero-order chi connectivity index (χ0) is 18.8. The van der Waals surface area contributed by atoms with Gasteiger partial charge in [-0.15, -0.1) is 0 Å². The molecule has 0 aliphatic heterocycles. The van der Waals surface area contributed by atoms with Crippen LogP contribution in [0.25, 0.3) is 0 Å². The molecule has 0 unspecified atom stereocenters. The first-order valence-corrected chi connectivity index (χ1v) is 9.55. The minimum Gasteiger partial charge on any atom is -0.351 e. The molecule has 1 aliphatic carbocycles. The van der Waals surface area contributed by atoms with Crippen molar-refractivity contribution in [1.82, 2.24) is 19.9 Å². The molecule has 1 amide bonds. The van der Waals surface area contributed by atoms with Gasteiger partial charge < -0.3 is 10.6 Å². The van der Waals surface area contributed by atoms with Crippen molar-refractivity contribution in [3.63, 3.8) is 0 Å². The summed E-state index contributed by atoms with van der Waals surface area (Å²) in [5.74, 6) is 0.492. The van der Waals surface area contributed by atoms with Crippen LogP contribution < -0.4 is 16.0 Å². The molecule has 0 atom stereocenters. The number of amides is 1. The first-order chi connectivity index (χ1) is 13.1. The Morgan fingerprint density at radius 2 is 1.85 bits per heavy atom. The van der Waals surface area contributed by atoms with Gasteiger partial charge >= 0.3 is 0 Å². The highest BCUT2D eigenvalue weighted by atomic mass is 35.5. The van der Waals surface area contributed by atoms with Crippen molar-refractivity contribution >= 4 is 51.6 Å². The van der Waals surface area contributed by atoms with Crippen molar-refractivity contribution in [2.45, 2.75) is 25.8 Å². The minimum atomic E-state index is -0.214. The van der Waals surface area contributed by atoms with Crippen LogP contribution in [0.15, 0.2) is 30.3 Å². The molecule has 1 saturated carbocycles. The lowest BCUT2D eigenvalue weighted by Crippen LogP contribution is -2.11. The largest absolute Gasteiger partial charge is 0.351 e. The fraction of sp³-hybridized carbons (Fsp3) is 0.235. The van der Waals surface area contributed by atoms with Gasteiger partial charge in [0.1, 0.15) is 4.88 Å². The monoisotopic (exact) mass is 401 g/mol. The van der Waals surface area contributed by atoms with E-state index in [4.69, 9.17) is 11.6 Å². The molecule has 1 aromatic carbocycles. The number of nitrogens with one attached hydrogen (secondary N) is 3. The van der Waals surface area contributed by atoms with Gasteiger partial charge in [-0.05, 0) is 43.5 Å². The number of carbonyl (C=O) groups excluding carboxylic acids is 1. The third-order valence-electron chi connectivity index (χ3n) is 3.77. The summed E-state index contributed by atoms with van der Waals surface area (Å²) in [5, 5.41) is 9.62. The molecule has 0 spiro atoms. The number of halogens is 1. The van der Waals surface area contributed by atoms with Crippen molar-refractivity contribution in [3.05, 3.63) is 46.2 Å². The number of aromatic nitrogens is 4. The van der Waals surface area contributed by atoms with Gasteiger partial charge in [0.2, 0.25) is 17.2 Å². The molecule has 4 rings (SSSR count). The van der Waals surface area contributed by atoms with Gasteiger partial charge in [0.05, 0.1) is 5.69 Å². The topological polar surface area (TPSA) is 105 Å². The van der Waals surface area contributed by atoms with Crippen LogP contribution >= 0.6 is 22.9 Å². The normalized spacial score (nSPS) is 13.3. The Labute approximate surface area is 164 Å². The van der Waals surface area contributed by atoms with Crippen molar-refractivity contribution in [2.24, 2.45) is 0 Å². The molecule has 8 nitrogen and oxygen atoms in total. The molecule has 0 radical (unpaired) electrons. The van der Waals surface area contributed by atoms with Crippen LogP contribution in [0.4, 0.5) is 22.7 Å². The number of aryl methyl sites for hydroxylation is 1. The second kappa shape index (κ2) is 7.45. The van der Waals surface area contributed by atoms with E-state index in [9.17, 15) is 4.79 Å². The Morgan fingerprint density at radius 3 is 2.59 bits per heavy atom. The van der Waals surface area contributed by atoms with E-state index >= 15 is 0 Å². The number of para-hydroxylation sites is 1. The molecule has 3 aromatic rings. The van der Waals surface area contributed by atoms with Gasteiger partial charge in [-0.3, -0.25) is 10.1 Å². The summed E-state index contributed by atoms with van der Waals surface area (Å²) in [7, 11) is 0. The highest BCUT2D eigenvalue weighted by molar-refractivity contribution is 7.17. The number of nitrogens with zero attached hydrogens (tertiary/aromatic N) is 4. The highest BCUT2D eigenvalue weighted by Crippen LogP contribution is 2.27. The van der Waals surface area contributed by atoms with Crippen LogP contribution in [0.3, 0.4) is 0 Å². The SMILES string of the molecule is Cc1nc(Nc2nc(Cl)nc(NC3CC3)n2)sc1C(=O)Nc1ccccc1. The summed E-state index contributed by atoms with van der Waals surface area (Å²) >= 11 is 7.20. The lowest BCUT2D eigenvalue weighted by Gasteiger charge is -2.05. The number of benzene rings is 1. The molecule has 0 saturated heterocycles. The first kappa shape index (κ1) is 17.6. The molecular weight excluding hydrogens is 386 g/mol. The van der Waals surface area contributed by atoms with E-state index < -0.39 is 0 Å². The minimum absolute atomic E-state index is 0.0889. The highest BCUT2D eigenvalue weighted by Gasteiger charge is 2.23. The zero-order valence-corrected chi connectivity index (χ0v) is 15.9. The molecule has 138 valence electrons. The molecule has 27 heavy (non-hydrogen) atoms. The predicted octanol–water partition coefficient (Wildman–Crippen LogP) is 3.86. The van der Waals surface area contributed by atoms with Crippen LogP contribution in [0, 0.1) is 6.92 Å². The van der Waals surface area contributed by atoms with Crippen molar-refractivity contribution < 1.29 is 4.79 Å². The zero-order valence-electron chi connectivity index (χ0n) is 14.4. The maximum absolute atomic E-state index is 12.5. The number of thiazole rings is 1. The second-order valence-corrected chi connectivity index (χ2v) is 7.39.